The first-order valence-electron chi connectivity index (χ1n) is 8.24. The molecule has 23 heavy (non-hydrogen) atoms. The highest BCUT2D eigenvalue weighted by Crippen LogP contribution is 2.07. The van der Waals surface area contributed by atoms with Crippen LogP contribution < -0.4 is 15.4 Å². The maximum atomic E-state index is 5.45. The molecule has 0 saturated heterocycles. The zero-order valence-electron chi connectivity index (χ0n) is 14.8. The number of rotatable bonds is 10. The number of hydrogen-bond acceptors (Lipinski definition) is 4. The van der Waals surface area contributed by atoms with Gasteiger partial charge in [-0.2, -0.15) is 0 Å². The van der Waals surface area contributed by atoms with Crippen LogP contribution in [0.5, 0.6) is 5.88 Å². The fraction of sp³-hybridized carbons (Fsp3) is 0.647. The highest BCUT2D eigenvalue weighted by atomic mass is 16.5. The Kier molecular flexibility index (Phi) is 9.79. The molecule has 130 valence electrons. The summed E-state index contributed by atoms with van der Waals surface area (Å²) >= 11 is 0. The summed E-state index contributed by atoms with van der Waals surface area (Å²) in [5.41, 5.74) is 1.08. The molecule has 1 aromatic rings. The van der Waals surface area contributed by atoms with Crippen molar-refractivity contribution in [2.45, 2.75) is 33.2 Å². The van der Waals surface area contributed by atoms with Crippen molar-refractivity contribution >= 4 is 5.96 Å². The van der Waals surface area contributed by atoms with E-state index in [-0.39, 0.29) is 0 Å². The summed E-state index contributed by atoms with van der Waals surface area (Å²) in [6.07, 6.45) is 4.16. The predicted octanol–water partition coefficient (Wildman–Crippen LogP) is 2.21. The van der Waals surface area contributed by atoms with Gasteiger partial charge in [-0.15, -0.1) is 0 Å². The minimum atomic E-state index is 0.508. The van der Waals surface area contributed by atoms with Gasteiger partial charge in [-0.25, -0.2) is 4.98 Å². The number of hydrogen-bond donors (Lipinski definition) is 2. The molecule has 0 atom stereocenters. The average Bonchev–Trinajstić information content (AvgIpc) is 2.59. The Bertz CT molecular complexity index is 444. The van der Waals surface area contributed by atoms with Gasteiger partial charge in [0.25, 0.3) is 0 Å². The second kappa shape index (κ2) is 11.7. The molecule has 0 spiro atoms. The van der Waals surface area contributed by atoms with Gasteiger partial charge < -0.3 is 20.1 Å². The Morgan fingerprint density at radius 1 is 1.22 bits per heavy atom. The van der Waals surface area contributed by atoms with E-state index in [2.05, 4.69) is 34.5 Å². The number of ether oxygens (including phenoxy) is 2. The van der Waals surface area contributed by atoms with Crippen molar-refractivity contribution in [3.8, 4) is 5.88 Å². The third-order valence-electron chi connectivity index (χ3n) is 3.73. The maximum absolute atomic E-state index is 5.45. The van der Waals surface area contributed by atoms with E-state index in [4.69, 9.17) is 9.47 Å². The fourth-order valence-corrected chi connectivity index (χ4v) is 2.06. The molecule has 0 aliphatic carbocycles. The Hall–Kier alpha value is -1.82. The number of nitrogens with zero attached hydrogens (tertiary/aromatic N) is 2. The van der Waals surface area contributed by atoms with Crippen molar-refractivity contribution in [2.24, 2.45) is 10.9 Å². The van der Waals surface area contributed by atoms with Gasteiger partial charge in [0.1, 0.15) is 6.61 Å². The largest absolute Gasteiger partial charge is 0.475 e. The van der Waals surface area contributed by atoms with Crippen LogP contribution in [0.25, 0.3) is 0 Å². The van der Waals surface area contributed by atoms with Crippen molar-refractivity contribution in [3.05, 3.63) is 23.9 Å². The van der Waals surface area contributed by atoms with Crippen LogP contribution in [0.1, 0.15) is 32.3 Å². The fourth-order valence-electron chi connectivity index (χ4n) is 2.06. The lowest BCUT2D eigenvalue weighted by molar-refractivity contribution is 0.143. The van der Waals surface area contributed by atoms with Gasteiger partial charge in [0.15, 0.2) is 5.96 Å². The van der Waals surface area contributed by atoms with Crippen LogP contribution in [0.3, 0.4) is 0 Å². The molecular formula is C17H30N4O2. The molecule has 0 amide bonds. The first kappa shape index (κ1) is 19.2. The maximum Gasteiger partial charge on any atom is 0.213 e. The standard InChI is InChI=1S/C17H30N4O2/c1-5-14(6-2)11-20-17(18-3)21-13-15-7-8-16(19-12-15)23-10-9-22-4/h7-8,12,14H,5-6,9-11,13H2,1-4H3,(H2,18,20,21). The quantitative estimate of drug-likeness (QED) is 0.393. The summed E-state index contributed by atoms with van der Waals surface area (Å²) in [5, 5.41) is 6.67. The SMILES string of the molecule is CCC(CC)CNC(=NC)NCc1ccc(OCCOC)nc1. The molecule has 0 saturated carbocycles. The highest BCUT2D eigenvalue weighted by Gasteiger charge is 2.05. The topological polar surface area (TPSA) is 67.8 Å². The zero-order valence-corrected chi connectivity index (χ0v) is 14.8. The van der Waals surface area contributed by atoms with Gasteiger partial charge in [0.05, 0.1) is 6.61 Å². The molecule has 1 rings (SSSR count). The van der Waals surface area contributed by atoms with E-state index in [9.17, 15) is 0 Å². The molecule has 0 fully saturated rings. The molecule has 0 aromatic carbocycles. The molecule has 6 heteroatoms. The van der Waals surface area contributed by atoms with Gasteiger partial charge in [0.2, 0.25) is 5.88 Å². The molecule has 0 aliphatic heterocycles. The Labute approximate surface area is 139 Å². The molecule has 0 bridgehead atoms. The molecular weight excluding hydrogens is 292 g/mol. The van der Waals surface area contributed by atoms with Crippen LogP contribution in [-0.2, 0) is 11.3 Å². The Balaban J connectivity index is 2.37. The molecule has 0 radical (unpaired) electrons. The number of aromatic nitrogens is 1. The summed E-state index contributed by atoms with van der Waals surface area (Å²) < 4.78 is 10.4. The number of nitrogens with one attached hydrogen (secondary N) is 2. The third kappa shape index (κ3) is 7.83. The molecule has 1 aromatic heterocycles. The van der Waals surface area contributed by atoms with E-state index < -0.39 is 0 Å². The minimum Gasteiger partial charge on any atom is -0.475 e. The van der Waals surface area contributed by atoms with Crippen LogP contribution in [0.4, 0.5) is 0 Å². The molecule has 2 N–H and O–H groups in total. The van der Waals surface area contributed by atoms with Crippen LogP contribution in [0.2, 0.25) is 0 Å². The van der Waals surface area contributed by atoms with Crippen molar-refractivity contribution < 1.29 is 9.47 Å². The number of pyridine rings is 1. The summed E-state index contributed by atoms with van der Waals surface area (Å²) in [5.74, 6) is 2.11. The van der Waals surface area contributed by atoms with Gasteiger partial charge in [0, 0.05) is 39.5 Å². The van der Waals surface area contributed by atoms with Crippen LogP contribution in [-0.4, -0.2) is 44.9 Å². The van der Waals surface area contributed by atoms with Crippen molar-refractivity contribution in [1.29, 1.82) is 0 Å². The second-order valence-electron chi connectivity index (χ2n) is 5.34. The van der Waals surface area contributed by atoms with Crippen molar-refractivity contribution in [3.63, 3.8) is 0 Å². The smallest absolute Gasteiger partial charge is 0.213 e. The Morgan fingerprint density at radius 3 is 2.57 bits per heavy atom. The lowest BCUT2D eigenvalue weighted by atomic mass is 10.0. The first-order valence-corrected chi connectivity index (χ1v) is 8.24. The van der Waals surface area contributed by atoms with Gasteiger partial charge in [-0.3, -0.25) is 4.99 Å². The first-order chi connectivity index (χ1) is 11.2. The van der Waals surface area contributed by atoms with E-state index >= 15 is 0 Å². The summed E-state index contributed by atoms with van der Waals surface area (Å²) in [4.78, 5) is 8.52. The second-order valence-corrected chi connectivity index (χ2v) is 5.34. The van der Waals surface area contributed by atoms with E-state index in [1.54, 1.807) is 14.2 Å². The normalized spacial score (nSPS) is 11.6. The van der Waals surface area contributed by atoms with Crippen molar-refractivity contribution in [2.75, 3.05) is 33.9 Å². The summed E-state index contributed by atoms with van der Waals surface area (Å²) in [7, 11) is 3.43. The number of methoxy groups -OCH3 is 1. The van der Waals surface area contributed by atoms with Gasteiger partial charge in [-0.1, -0.05) is 32.8 Å². The van der Waals surface area contributed by atoms with Crippen molar-refractivity contribution in [1.82, 2.24) is 15.6 Å². The summed E-state index contributed by atoms with van der Waals surface area (Å²) in [6, 6.07) is 3.86. The molecule has 1 heterocycles. The highest BCUT2D eigenvalue weighted by molar-refractivity contribution is 5.79. The van der Waals surface area contributed by atoms with Crippen LogP contribution in [0, 0.1) is 5.92 Å². The van der Waals surface area contributed by atoms with E-state index in [0.717, 1.165) is 18.1 Å². The Morgan fingerprint density at radius 2 is 2.00 bits per heavy atom. The molecule has 0 unspecified atom stereocenters. The predicted molar refractivity (Wildman–Crippen MR) is 93.9 cm³/mol. The van der Waals surface area contributed by atoms with Gasteiger partial charge >= 0.3 is 0 Å². The van der Waals surface area contributed by atoms with Crippen LogP contribution >= 0.6 is 0 Å². The lowest BCUT2D eigenvalue weighted by Crippen LogP contribution is -2.39. The average molecular weight is 322 g/mol. The van der Waals surface area contributed by atoms with E-state index in [1.807, 2.05) is 18.3 Å². The monoisotopic (exact) mass is 322 g/mol. The zero-order chi connectivity index (χ0) is 16.9. The van der Waals surface area contributed by atoms with Gasteiger partial charge in [-0.05, 0) is 11.5 Å². The summed E-state index contributed by atoms with van der Waals surface area (Å²) in [6.45, 7) is 7.12. The lowest BCUT2D eigenvalue weighted by Gasteiger charge is -2.16. The van der Waals surface area contributed by atoms with Crippen LogP contribution in [0.15, 0.2) is 23.3 Å². The molecule has 6 nitrogen and oxygen atoms in total. The molecule has 0 aliphatic rings. The van der Waals surface area contributed by atoms with E-state index in [1.165, 1.54) is 12.8 Å². The number of guanidine groups is 1. The minimum absolute atomic E-state index is 0.508. The third-order valence-corrected chi connectivity index (χ3v) is 3.73. The van der Waals surface area contributed by atoms with E-state index in [0.29, 0.717) is 31.6 Å². The number of aliphatic imine (C=N–C) groups is 1.